The van der Waals surface area contributed by atoms with Crippen LogP contribution in [0, 0.1) is 0 Å². The van der Waals surface area contributed by atoms with E-state index in [1.54, 1.807) is 30.2 Å². The molecule has 2 amide bonds. The van der Waals surface area contributed by atoms with Gasteiger partial charge in [0.1, 0.15) is 17.9 Å². The molecule has 0 radical (unpaired) electrons. The van der Waals surface area contributed by atoms with Crippen LogP contribution < -0.4 is 19.7 Å². The van der Waals surface area contributed by atoms with Crippen molar-refractivity contribution in [3.8, 4) is 11.5 Å². The van der Waals surface area contributed by atoms with E-state index < -0.39 is 0 Å². The molecule has 1 aliphatic rings. The summed E-state index contributed by atoms with van der Waals surface area (Å²) in [5.74, 6) is 0.495. The van der Waals surface area contributed by atoms with Gasteiger partial charge in [0.05, 0.1) is 19.9 Å². The monoisotopic (exact) mass is 340 g/mol. The second kappa shape index (κ2) is 7.25. The van der Waals surface area contributed by atoms with Gasteiger partial charge in [-0.25, -0.2) is 0 Å². The second-order valence-corrected chi connectivity index (χ2v) is 5.72. The van der Waals surface area contributed by atoms with Crippen LogP contribution in [-0.4, -0.2) is 32.6 Å². The Kier molecular flexibility index (Phi) is 4.88. The zero-order chi connectivity index (χ0) is 17.8. The smallest absolute Gasteiger partial charge is 0.236 e. The number of benzene rings is 2. The summed E-state index contributed by atoms with van der Waals surface area (Å²) >= 11 is 0. The summed E-state index contributed by atoms with van der Waals surface area (Å²) in [5, 5.41) is 2.72. The fraction of sp³-hybridized carbons (Fsp3) is 0.263. The third-order valence-electron chi connectivity index (χ3n) is 4.18. The lowest BCUT2D eigenvalue weighted by Crippen LogP contribution is -2.32. The third kappa shape index (κ3) is 3.57. The van der Waals surface area contributed by atoms with E-state index in [-0.39, 0.29) is 18.2 Å². The first kappa shape index (κ1) is 16.8. The van der Waals surface area contributed by atoms with Gasteiger partial charge in [-0.2, -0.15) is 0 Å². The van der Waals surface area contributed by atoms with Crippen molar-refractivity contribution in [2.75, 3.05) is 31.0 Å². The molecule has 2 aromatic carbocycles. The van der Waals surface area contributed by atoms with E-state index in [9.17, 15) is 9.59 Å². The molecular formula is C19H20N2O4. The van der Waals surface area contributed by atoms with E-state index in [1.165, 1.54) is 7.11 Å². The van der Waals surface area contributed by atoms with Crippen LogP contribution >= 0.6 is 0 Å². The molecule has 0 aromatic heterocycles. The normalized spacial score (nSPS) is 12.5. The Morgan fingerprint density at radius 2 is 1.92 bits per heavy atom. The minimum absolute atomic E-state index is 0.218. The van der Waals surface area contributed by atoms with Gasteiger partial charge in [-0.3, -0.25) is 9.59 Å². The van der Waals surface area contributed by atoms with Gasteiger partial charge in [0.2, 0.25) is 11.8 Å². The van der Waals surface area contributed by atoms with Crippen molar-refractivity contribution in [3.05, 3.63) is 48.0 Å². The summed E-state index contributed by atoms with van der Waals surface area (Å²) in [7, 11) is 3.06. The number of carbonyl (C=O) groups is 2. The lowest BCUT2D eigenvalue weighted by Gasteiger charge is -2.17. The third-order valence-corrected chi connectivity index (χ3v) is 4.18. The Bertz CT molecular complexity index is 804. The highest BCUT2D eigenvalue weighted by atomic mass is 16.5. The molecule has 130 valence electrons. The zero-order valence-corrected chi connectivity index (χ0v) is 14.2. The molecule has 0 saturated carbocycles. The largest absolute Gasteiger partial charge is 0.497 e. The lowest BCUT2D eigenvalue weighted by atomic mass is 10.2. The van der Waals surface area contributed by atoms with Gasteiger partial charge in [-0.05, 0) is 30.2 Å². The summed E-state index contributed by atoms with van der Waals surface area (Å²) in [6, 6.07) is 12.9. The number of para-hydroxylation sites is 1. The Morgan fingerprint density at radius 1 is 1.12 bits per heavy atom. The maximum Gasteiger partial charge on any atom is 0.236 e. The maximum absolute atomic E-state index is 12.5. The molecule has 25 heavy (non-hydrogen) atoms. The first-order valence-corrected chi connectivity index (χ1v) is 8.02. The van der Waals surface area contributed by atoms with Crippen LogP contribution in [0.2, 0.25) is 0 Å². The topological polar surface area (TPSA) is 67.9 Å². The average molecular weight is 340 g/mol. The van der Waals surface area contributed by atoms with E-state index in [1.807, 2.05) is 24.3 Å². The molecule has 6 heteroatoms. The number of nitrogens with one attached hydrogen (secondary N) is 1. The lowest BCUT2D eigenvalue weighted by molar-refractivity contribution is -0.125. The van der Waals surface area contributed by atoms with Crippen molar-refractivity contribution < 1.29 is 19.1 Å². The molecule has 1 aliphatic heterocycles. The van der Waals surface area contributed by atoms with E-state index in [4.69, 9.17) is 9.47 Å². The van der Waals surface area contributed by atoms with Crippen LogP contribution in [0.4, 0.5) is 11.4 Å². The number of methoxy groups -OCH3 is 2. The fourth-order valence-corrected chi connectivity index (χ4v) is 2.94. The van der Waals surface area contributed by atoms with E-state index in [0.717, 1.165) is 17.7 Å². The highest BCUT2D eigenvalue weighted by Gasteiger charge is 2.25. The molecule has 0 atom stereocenters. The van der Waals surface area contributed by atoms with Crippen molar-refractivity contribution in [2.24, 2.45) is 0 Å². The number of carbonyl (C=O) groups excluding carboxylic acids is 2. The molecule has 0 saturated heterocycles. The van der Waals surface area contributed by atoms with Crippen molar-refractivity contribution in [1.29, 1.82) is 0 Å². The van der Waals surface area contributed by atoms with Crippen LogP contribution in [0.15, 0.2) is 42.5 Å². The van der Waals surface area contributed by atoms with E-state index in [2.05, 4.69) is 5.32 Å². The van der Waals surface area contributed by atoms with Crippen LogP contribution in [-0.2, 0) is 16.0 Å². The van der Waals surface area contributed by atoms with Gasteiger partial charge in [-0.1, -0.05) is 18.2 Å². The number of ether oxygens (including phenoxy) is 2. The molecule has 0 aliphatic carbocycles. The van der Waals surface area contributed by atoms with Crippen molar-refractivity contribution >= 4 is 23.2 Å². The Hall–Kier alpha value is -3.02. The summed E-state index contributed by atoms with van der Waals surface area (Å²) in [6.45, 7) is 0.605. The van der Waals surface area contributed by atoms with Crippen LogP contribution in [0.5, 0.6) is 11.5 Å². The Labute approximate surface area is 146 Å². The predicted molar refractivity (Wildman–Crippen MR) is 95.3 cm³/mol. The highest BCUT2D eigenvalue weighted by Crippen LogP contribution is 2.30. The van der Waals surface area contributed by atoms with E-state index in [0.29, 0.717) is 23.7 Å². The maximum atomic E-state index is 12.5. The van der Waals surface area contributed by atoms with Gasteiger partial charge >= 0.3 is 0 Å². The molecule has 0 unspecified atom stereocenters. The molecule has 0 bridgehead atoms. The fourth-order valence-electron chi connectivity index (χ4n) is 2.94. The van der Waals surface area contributed by atoms with Crippen LogP contribution in [0.1, 0.15) is 12.0 Å². The quantitative estimate of drug-likeness (QED) is 0.850. The number of amides is 2. The first-order chi connectivity index (χ1) is 12.1. The van der Waals surface area contributed by atoms with Crippen molar-refractivity contribution in [2.45, 2.75) is 12.8 Å². The number of nitrogens with zero attached hydrogens (tertiary/aromatic N) is 1. The molecule has 2 aromatic rings. The van der Waals surface area contributed by atoms with Crippen LogP contribution in [0.25, 0.3) is 0 Å². The summed E-state index contributed by atoms with van der Waals surface area (Å²) in [6.07, 6.45) is 0.585. The van der Waals surface area contributed by atoms with Crippen molar-refractivity contribution in [1.82, 2.24) is 0 Å². The summed E-state index contributed by atoms with van der Waals surface area (Å²) < 4.78 is 10.4. The number of hydrogen-bond acceptors (Lipinski definition) is 4. The van der Waals surface area contributed by atoms with Gasteiger partial charge in [0.15, 0.2) is 0 Å². The molecule has 6 nitrogen and oxygen atoms in total. The summed E-state index contributed by atoms with van der Waals surface area (Å²) in [4.78, 5) is 26.5. The summed E-state index contributed by atoms with van der Waals surface area (Å²) in [5.41, 5.74) is 2.49. The molecule has 0 spiro atoms. The molecular weight excluding hydrogens is 320 g/mol. The second-order valence-electron chi connectivity index (χ2n) is 5.72. The first-order valence-electron chi connectivity index (χ1n) is 8.02. The highest BCUT2D eigenvalue weighted by molar-refractivity contribution is 6.10. The molecule has 0 fully saturated rings. The Morgan fingerprint density at radius 3 is 2.68 bits per heavy atom. The number of anilines is 2. The SMILES string of the molecule is COc1ccc(OC)c(NC(=O)CC(=O)N2CCc3ccccc32)c1. The number of hydrogen-bond donors (Lipinski definition) is 1. The number of rotatable bonds is 5. The van der Waals surface area contributed by atoms with Gasteiger partial charge in [0, 0.05) is 18.3 Å². The molecule has 1 N–H and O–H groups in total. The van der Waals surface area contributed by atoms with Gasteiger partial charge < -0.3 is 19.7 Å². The molecule has 3 rings (SSSR count). The number of fused-ring (bicyclic) bond motifs is 1. The zero-order valence-electron chi connectivity index (χ0n) is 14.2. The molecule has 1 heterocycles. The van der Waals surface area contributed by atoms with E-state index >= 15 is 0 Å². The van der Waals surface area contributed by atoms with Gasteiger partial charge in [-0.15, -0.1) is 0 Å². The van der Waals surface area contributed by atoms with Crippen LogP contribution in [0.3, 0.4) is 0 Å². The minimum Gasteiger partial charge on any atom is -0.497 e. The van der Waals surface area contributed by atoms with Crippen molar-refractivity contribution in [3.63, 3.8) is 0 Å². The average Bonchev–Trinajstić information content (AvgIpc) is 3.05. The Balaban J connectivity index is 1.68. The minimum atomic E-state index is -0.388. The standard InChI is InChI=1S/C19H20N2O4/c1-24-14-7-8-17(25-2)15(11-14)20-18(22)12-19(23)21-10-9-13-5-3-4-6-16(13)21/h3-8,11H,9-10,12H2,1-2H3,(H,20,22). The predicted octanol–water partition coefficient (Wildman–Crippen LogP) is 2.62. The van der Waals surface area contributed by atoms with Gasteiger partial charge in [0.25, 0.3) is 0 Å².